The van der Waals surface area contributed by atoms with Crippen LogP contribution in [0.15, 0.2) is 94.2 Å². The minimum absolute atomic E-state index is 0.313. The number of amides is 4. The highest BCUT2D eigenvalue weighted by atomic mass is 16.5. The average molecular weight is 595 g/mol. The van der Waals surface area contributed by atoms with Crippen molar-refractivity contribution >= 4 is 35.0 Å². The predicted octanol–water partition coefficient (Wildman–Crippen LogP) is 3.33. The molecule has 4 fully saturated rings. The number of imide groups is 2. The van der Waals surface area contributed by atoms with E-state index in [9.17, 15) is 19.2 Å². The van der Waals surface area contributed by atoms with Crippen LogP contribution >= 0.6 is 0 Å². The standard InChI is InChI=1S/C32H26N4O8/c1-41-19-11-5-3-9-17(19)33-29(37)23-25(21-13-7-15-43-21)36-28-24(26(22-14-8-16-44-22)35(36)27(23)31(33)39)30(38)34(32(28)40)18-10-4-6-12-20(18)42-2/h3-16,23-28H,1-2H3/t23-,24-,25+,26+,27-,28+/m1/s1. The molecule has 2 aromatic heterocycles. The highest BCUT2D eigenvalue weighted by Crippen LogP contribution is 2.60. The summed E-state index contributed by atoms with van der Waals surface area (Å²) in [4.78, 5) is 59.8. The number of furan rings is 2. The first-order valence-corrected chi connectivity index (χ1v) is 14.1. The van der Waals surface area contributed by atoms with Crippen LogP contribution in [-0.4, -0.2) is 59.9 Å². The number of rotatable bonds is 6. The number of hydrogen-bond acceptors (Lipinski definition) is 10. The van der Waals surface area contributed by atoms with E-state index in [-0.39, 0.29) is 0 Å². The Morgan fingerprint density at radius 3 is 1.30 bits per heavy atom. The predicted molar refractivity (Wildman–Crippen MR) is 152 cm³/mol. The van der Waals surface area contributed by atoms with Gasteiger partial charge in [0.05, 0.1) is 62.0 Å². The molecule has 6 heterocycles. The van der Waals surface area contributed by atoms with Gasteiger partial charge < -0.3 is 18.3 Å². The van der Waals surface area contributed by atoms with Crippen LogP contribution in [0.5, 0.6) is 11.5 Å². The number of benzene rings is 2. The van der Waals surface area contributed by atoms with Crippen LogP contribution in [-0.2, 0) is 19.2 Å². The molecule has 4 aliphatic heterocycles. The first-order valence-electron chi connectivity index (χ1n) is 14.1. The van der Waals surface area contributed by atoms with Gasteiger partial charge in [-0.3, -0.25) is 19.2 Å². The normalized spacial score (nSPS) is 28.1. The Morgan fingerprint density at radius 1 is 0.523 bits per heavy atom. The molecule has 12 heteroatoms. The minimum atomic E-state index is -1.05. The Morgan fingerprint density at radius 2 is 0.932 bits per heavy atom. The molecule has 0 unspecified atom stereocenters. The van der Waals surface area contributed by atoms with Gasteiger partial charge in [0.15, 0.2) is 0 Å². The summed E-state index contributed by atoms with van der Waals surface area (Å²) >= 11 is 0. The molecule has 0 radical (unpaired) electrons. The number of nitrogens with zero attached hydrogens (tertiary/aromatic N) is 4. The fraction of sp³-hybridized carbons (Fsp3) is 0.250. The number of hydrogen-bond donors (Lipinski definition) is 0. The molecule has 0 bridgehead atoms. The number of para-hydroxylation sites is 4. The summed E-state index contributed by atoms with van der Waals surface area (Å²) < 4.78 is 22.7. The van der Waals surface area contributed by atoms with E-state index in [4.69, 9.17) is 18.3 Å². The van der Waals surface area contributed by atoms with Crippen molar-refractivity contribution < 1.29 is 37.5 Å². The third-order valence-electron chi connectivity index (χ3n) is 9.05. The molecule has 44 heavy (non-hydrogen) atoms. The van der Waals surface area contributed by atoms with Gasteiger partial charge in [0.2, 0.25) is 11.8 Å². The number of carbonyl (C=O) groups is 4. The highest BCUT2D eigenvalue weighted by Gasteiger charge is 2.74. The van der Waals surface area contributed by atoms with Crippen LogP contribution < -0.4 is 19.3 Å². The molecule has 0 spiro atoms. The topological polar surface area (TPSA) is 126 Å². The van der Waals surface area contributed by atoms with Gasteiger partial charge in [0.25, 0.3) is 11.8 Å². The van der Waals surface area contributed by atoms with Gasteiger partial charge in [-0.25, -0.2) is 19.8 Å². The highest BCUT2D eigenvalue weighted by molar-refractivity contribution is 6.26. The zero-order valence-electron chi connectivity index (χ0n) is 23.6. The number of fused-ring (bicyclic) bond motifs is 5. The summed E-state index contributed by atoms with van der Waals surface area (Å²) in [6.07, 6.45) is 2.96. The average Bonchev–Trinajstić information content (AvgIpc) is 3.88. The number of anilines is 2. The van der Waals surface area contributed by atoms with E-state index in [0.29, 0.717) is 34.4 Å². The molecular formula is C32H26N4O8. The van der Waals surface area contributed by atoms with Crippen LogP contribution in [0, 0.1) is 11.8 Å². The fourth-order valence-electron chi connectivity index (χ4n) is 7.42. The van der Waals surface area contributed by atoms with Crippen molar-refractivity contribution in [2.45, 2.75) is 24.2 Å². The lowest BCUT2D eigenvalue weighted by Gasteiger charge is -2.34. The molecule has 0 N–H and O–H groups in total. The second-order valence-electron chi connectivity index (χ2n) is 11.0. The van der Waals surface area contributed by atoms with E-state index in [1.165, 1.54) is 26.7 Å². The fourth-order valence-corrected chi connectivity index (χ4v) is 7.42. The van der Waals surface area contributed by atoms with Crippen molar-refractivity contribution in [2.75, 3.05) is 24.0 Å². The van der Waals surface area contributed by atoms with Crippen LogP contribution in [0.4, 0.5) is 11.4 Å². The van der Waals surface area contributed by atoms with Gasteiger partial charge in [-0.2, -0.15) is 0 Å². The van der Waals surface area contributed by atoms with Crippen molar-refractivity contribution in [1.29, 1.82) is 0 Å². The largest absolute Gasteiger partial charge is 0.495 e. The van der Waals surface area contributed by atoms with Gasteiger partial charge in [-0.1, -0.05) is 24.3 Å². The number of methoxy groups -OCH3 is 2. The van der Waals surface area contributed by atoms with Crippen molar-refractivity contribution in [1.82, 2.24) is 10.0 Å². The first-order chi connectivity index (χ1) is 21.5. The van der Waals surface area contributed by atoms with Crippen LogP contribution in [0.25, 0.3) is 0 Å². The molecule has 4 amide bonds. The first kappa shape index (κ1) is 26.4. The van der Waals surface area contributed by atoms with Crippen LogP contribution in [0.3, 0.4) is 0 Å². The van der Waals surface area contributed by atoms with Crippen molar-refractivity contribution in [3.8, 4) is 11.5 Å². The minimum Gasteiger partial charge on any atom is -0.495 e. The molecule has 4 aliphatic rings. The van der Waals surface area contributed by atoms with Gasteiger partial charge in [-0.05, 0) is 48.5 Å². The summed E-state index contributed by atoms with van der Waals surface area (Å²) in [6.45, 7) is 0. The molecule has 222 valence electrons. The Balaban J connectivity index is 1.31. The zero-order chi connectivity index (χ0) is 30.3. The summed E-state index contributed by atoms with van der Waals surface area (Å²) in [5.41, 5.74) is 0.625. The third-order valence-corrected chi connectivity index (χ3v) is 9.05. The second kappa shape index (κ2) is 9.66. The Kier molecular flexibility index (Phi) is 5.80. The van der Waals surface area contributed by atoms with Crippen molar-refractivity contribution in [3.05, 3.63) is 96.8 Å². The summed E-state index contributed by atoms with van der Waals surface area (Å²) in [5.74, 6) is -2.34. The monoisotopic (exact) mass is 594 g/mol. The van der Waals surface area contributed by atoms with Gasteiger partial charge in [-0.15, -0.1) is 0 Å². The molecule has 0 saturated carbocycles. The van der Waals surface area contributed by atoms with E-state index in [1.807, 2.05) is 0 Å². The number of carbonyl (C=O) groups excluding carboxylic acids is 4. The summed E-state index contributed by atoms with van der Waals surface area (Å²) in [6, 6.07) is 16.6. The molecule has 12 nitrogen and oxygen atoms in total. The van der Waals surface area contributed by atoms with E-state index in [2.05, 4.69) is 0 Å². The van der Waals surface area contributed by atoms with Gasteiger partial charge >= 0.3 is 0 Å². The van der Waals surface area contributed by atoms with Crippen molar-refractivity contribution in [2.24, 2.45) is 11.8 Å². The third kappa shape index (κ3) is 3.34. The maximum absolute atomic E-state index is 14.4. The lowest BCUT2D eigenvalue weighted by atomic mass is 9.87. The van der Waals surface area contributed by atoms with Gasteiger partial charge in [0.1, 0.15) is 35.1 Å². The zero-order valence-corrected chi connectivity index (χ0v) is 23.6. The van der Waals surface area contributed by atoms with Crippen LogP contribution in [0.2, 0.25) is 0 Å². The smallest absolute Gasteiger partial charge is 0.253 e. The molecule has 8 rings (SSSR count). The number of ether oxygens (including phenoxy) is 2. The van der Waals surface area contributed by atoms with E-state index >= 15 is 0 Å². The van der Waals surface area contributed by atoms with E-state index < -0.39 is 59.6 Å². The molecule has 4 saturated heterocycles. The quantitative estimate of drug-likeness (QED) is 0.307. The van der Waals surface area contributed by atoms with Crippen LogP contribution in [0.1, 0.15) is 23.6 Å². The maximum Gasteiger partial charge on any atom is 0.253 e. The Hall–Kier alpha value is -5.20. The lowest BCUT2D eigenvalue weighted by molar-refractivity contribution is -0.136. The Labute approximate surface area is 250 Å². The molecule has 2 aromatic carbocycles. The Bertz CT molecular complexity index is 1670. The van der Waals surface area contributed by atoms with Crippen molar-refractivity contribution in [3.63, 3.8) is 0 Å². The summed E-state index contributed by atoms with van der Waals surface area (Å²) in [7, 11) is 2.94. The molecule has 0 aliphatic carbocycles. The van der Waals surface area contributed by atoms with E-state index in [1.54, 1.807) is 82.8 Å². The molecular weight excluding hydrogens is 568 g/mol. The molecule has 4 aromatic rings. The van der Waals surface area contributed by atoms with E-state index in [0.717, 1.165) is 9.80 Å². The lowest BCUT2D eigenvalue weighted by Crippen LogP contribution is -2.50. The maximum atomic E-state index is 14.4. The summed E-state index contributed by atoms with van der Waals surface area (Å²) in [5, 5.41) is 3.41. The SMILES string of the molecule is COc1ccccc1N1C(=O)[C@H]2[C@@H](C1=O)N1[C@@H](c3ccco3)[C@H]3C(=O)N(c4ccccc4OC)C(=O)[C@@H]3N1[C@H]2c1ccco1. The van der Waals surface area contributed by atoms with Gasteiger partial charge in [0, 0.05) is 0 Å². The molecule has 6 atom stereocenters. The number of hydrazine groups is 1. The second-order valence-corrected chi connectivity index (χ2v) is 11.0.